The fourth-order valence-electron chi connectivity index (χ4n) is 2.59. The van der Waals surface area contributed by atoms with Crippen LogP contribution in [0.4, 0.5) is 5.82 Å². The number of ether oxygens (including phenoxy) is 1. The SMILES string of the molecule is COC(=O)[C@@H](Nc1nc(C(C)C)nc2c1cnn2C)c1ccccc1. The van der Waals surface area contributed by atoms with Gasteiger partial charge in [-0.2, -0.15) is 5.10 Å². The van der Waals surface area contributed by atoms with Crippen molar-refractivity contribution in [3.63, 3.8) is 0 Å². The van der Waals surface area contributed by atoms with Crippen molar-refractivity contribution in [2.24, 2.45) is 7.05 Å². The zero-order valence-corrected chi connectivity index (χ0v) is 14.7. The minimum atomic E-state index is -0.662. The van der Waals surface area contributed by atoms with Gasteiger partial charge in [0.25, 0.3) is 0 Å². The maximum atomic E-state index is 12.3. The molecule has 0 unspecified atom stereocenters. The lowest BCUT2D eigenvalue weighted by atomic mass is 10.1. The summed E-state index contributed by atoms with van der Waals surface area (Å²) in [5.74, 6) is 1.03. The van der Waals surface area contributed by atoms with Crippen molar-refractivity contribution in [2.75, 3.05) is 12.4 Å². The van der Waals surface area contributed by atoms with Crippen LogP contribution in [-0.4, -0.2) is 32.8 Å². The van der Waals surface area contributed by atoms with Crippen LogP contribution in [0.15, 0.2) is 36.5 Å². The van der Waals surface area contributed by atoms with Gasteiger partial charge in [-0.1, -0.05) is 44.2 Å². The first-order valence-corrected chi connectivity index (χ1v) is 8.10. The number of carbonyl (C=O) groups is 1. The Morgan fingerprint density at radius 3 is 2.56 bits per heavy atom. The van der Waals surface area contributed by atoms with E-state index < -0.39 is 6.04 Å². The number of methoxy groups -OCH3 is 1. The molecule has 25 heavy (non-hydrogen) atoms. The zero-order chi connectivity index (χ0) is 18.0. The number of carbonyl (C=O) groups excluding carboxylic acids is 1. The van der Waals surface area contributed by atoms with Gasteiger partial charge in [-0.3, -0.25) is 4.68 Å². The van der Waals surface area contributed by atoms with Crippen LogP contribution in [0.25, 0.3) is 11.0 Å². The molecule has 0 saturated carbocycles. The van der Waals surface area contributed by atoms with Crippen molar-refractivity contribution in [3.05, 3.63) is 47.9 Å². The number of rotatable bonds is 5. The lowest BCUT2D eigenvalue weighted by Crippen LogP contribution is -2.23. The van der Waals surface area contributed by atoms with Gasteiger partial charge in [-0.05, 0) is 5.56 Å². The van der Waals surface area contributed by atoms with Gasteiger partial charge in [0.1, 0.15) is 11.6 Å². The summed E-state index contributed by atoms with van der Waals surface area (Å²) in [6.45, 7) is 4.05. The highest BCUT2D eigenvalue weighted by atomic mass is 16.5. The molecule has 0 aliphatic carbocycles. The largest absolute Gasteiger partial charge is 0.467 e. The number of nitrogens with one attached hydrogen (secondary N) is 1. The number of anilines is 1. The Morgan fingerprint density at radius 1 is 1.20 bits per heavy atom. The number of fused-ring (bicyclic) bond motifs is 1. The topological polar surface area (TPSA) is 81.9 Å². The highest BCUT2D eigenvalue weighted by Gasteiger charge is 2.24. The van der Waals surface area contributed by atoms with Crippen molar-refractivity contribution in [2.45, 2.75) is 25.8 Å². The molecule has 1 N–H and O–H groups in total. The Balaban J connectivity index is 2.09. The lowest BCUT2D eigenvalue weighted by Gasteiger charge is -2.18. The second kappa shape index (κ2) is 6.88. The van der Waals surface area contributed by atoms with E-state index in [1.54, 1.807) is 10.9 Å². The van der Waals surface area contributed by atoms with Crippen LogP contribution in [-0.2, 0) is 16.6 Å². The molecule has 7 heteroatoms. The number of benzene rings is 1. The van der Waals surface area contributed by atoms with Crippen LogP contribution < -0.4 is 5.32 Å². The summed E-state index contributed by atoms with van der Waals surface area (Å²) >= 11 is 0. The van der Waals surface area contributed by atoms with Crippen LogP contribution in [0.5, 0.6) is 0 Å². The van der Waals surface area contributed by atoms with Gasteiger partial charge in [0.05, 0.1) is 18.7 Å². The predicted molar refractivity (Wildman–Crippen MR) is 95.2 cm³/mol. The van der Waals surface area contributed by atoms with Gasteiger partial charge in [-0.25, -0.2) is 14.8 Å². The quantitative estimate of drug-likeness (QED) is 0.720. The molecule has 0 saturated heterocycles. The summed E-state index contributed by atoms with van der Waals surface area (Å²) in [5.41, 5.74) is 1.52. The first-order valence-electron chi connectivity index (χ1n) is 8.10. The zero-order valence-electron chi connectivity index (χ0n) is 14.7. The fraction of sp³-hybridized carbons (Fsp3) is 0.333. The van der Waals surface area contributed by atoms with Gasteiger partial charge in [-0.15, -0.1) is 0 Å². The van der Waals surface area contributed by atoms with Gasteiger partial charge < -0.3 is 10.1 Å². The monoisotopic (exact) mass is 339 g/mol. The molecule has 0 fully saturated rings. The minimum Gasteiger partial charge on any atom is -0.467 e. The average molecular weight is 339 g/mol. The van der Waals surface area contributed by atoms with Gasteiger partial charge >= 0.3 is 5.97 Å². The molecular formula is C18H21N5O2. The molecule has 3 aromatic rings. The standard InChI is InChI=1S/C18H21N5O2/c1-11(2)15-21-16(13-10-19-23(3)17(13)22-15)20-14(18(24)25-4)12-8-6-5-7-9-12/h5-11,14H,1-4H3,(H,20,21,22)/t14-/m0/s1. The van der Waals surface area contributed by atoms with Crippen LogP contribution in [0.2, 0.25) is 0 Å². The van der Waals surface area contributed by atoms with Gasteiger partial charge in [0, 0.05) is 13.0 Å². The van der Waals surface area contributed by atoms with E-state index in [9.17, 15) is 4.79 Å². The van der Waals surface area contributed by atoms with E-state index in [1.807, 2.05) is 51.2 Å². The average Bonchev–Trinajstić information content (AvgIpc) is 3.01. The Labute approximate surface area is 146 Å². The Hall–Kier alpha value is -2.96. The van der Waals surface area contributed by atoms with Crippen LogP contribution in [0.1, 0.15) is 37.2 Å². The van der Waals surface area contributed by atoms with E-state index >= 15 is 0 Å². The summed E-state index contributed by atoms with van der Waals surface area (Å²) < 4.78 is 6.67. The summed E-state index contributed by atoms with van der Waals surface area (Å²) in [4.78, 5) is 21.5. The van der Waals surface area contributed by atoms with Crippen molar-refractivity contribution >= 4 is 22.8 Å². The van der Waals surface area contributed by atoms with E-state index in [4.69, 9.17) is 4.74 Å². The number of hydrogen-bond donors (Lipinski definition) is 1. The predicted octanol–water partition coefficient (Wildman–Crippen LogP) is 2.81. The Bertz CT molecular complexity index is 889. The Morgan fingerprint density at radius 2 is 1.92 bits per heavy atom. The number of nitrogens with zero attached hydrogens (tertiary/aromatic N) is 4. The molecule has 7 nitrogen and oxygen atoms in total. The molecule has 1 aromatic carbocycles. The highest BCUT2D eigenvalue weighted by molar-refractivity contribution is 5.89. The summed E-state index contributed by atoms with van der Waals surface area (Å²) in [7, 11) is 3.21. The third-order valence-corrected chi connectivity index (χ3v) is 3.98. The van der Waals surface area contributed by atoms with E-state index in [-0.39, 0.29) is 11.9 Å². The number of hydrogen-bond acceptors (Lipinski definition) is 6. The minimum absolute atomic E-state index is 0.146. The van der Waals surface area contributed by atoms with Crippen molar-refractivity contribution in [3.8, 4) is 0 Å². The highest BCUT2D eigenvalue weighted by Crippen LogP contribution is 2.27. The summed E-state index contributed by atoms with van der Waals surface area (Å²) in [6.07, 6.45) is 1.70. The van der Waals surface area contributed by atoms with Crippen LogP contribution in [0.3, 0.4) is 0 Å². The summed E-state index contributed by atoms with van der Waals surface area (Å²) in [5, 5.41) is 8.24. The van der Waals surface area contributed by atoms with Crippen molar-refractivity contribution < 1.29 is 9.53 Å². The van der Waals surface area contributed by atoms with Crippen LogP contribution in [0, 0.1) is 0 Å². The molecule has 0 amide bonds. The molecule has 130 valence electrons. The van der Waals surface area contributed by atoms with Crippen LogP contribution >= 0.6 is 0 Å². The molecular weight excluding hydrogens is 318 g/mol. The molecule has 1 atom stereocenters. The maximum Gasteiger partial charge on any atom is 0.333 e. The molecule has 2 aromatic heterocycles. The fourth-order valence-corrected chi connectivity index (χ4v) is 2.59. The maximum absolute atomic E-state index is 12.3. The number of aromatic nitrogens is 4. The van der Waals surface area contributed by atoms with Crippen molar-refractivity contribution in [1.29, 1.82) is 0 Å². The summed E-state index contributed by atoms with van der Waals surface area (Å²) in [6, 6.07) is 8.75. The second-order valence-electron chi connectivity index (χ2n) is 6.10. The molecule has 0 radical (unpaired) electrons. The lowest BCUT2D eigenvalue weighted by molar-refractivity contribution is -0.141. The second-order valence-corrected chi connectivity index (χ2v) is 6.10. The molecule has 0 spiro atoms. The molecule has 0 aliphatic heterocycles. The molecule has 0 bridgehead atoms. The first-order chi connectivity index (χ1) is 12.0. The molecule has 2 heterocycles. The molecule has 3 rings (SSSR count). The number of esters is 1. The Kier molecular flexibility index (Phi) is 4.65. The third kappa shape index (κ3) is 3.31. The van der Waals surface area contributed by atoms with Gasteiger partial charge in [0.15, 0.2) is 11.7 Å². The first kappa shape index (κ1) is 16.9. The van der Waals surface area contributed by atoms with E-state index in [1.165, 1.54) is 7.11 Å². The third-order valence-electron chi connectivity index (χ3n) is 3.98. The van der Waals surface area contributed by atoms with E-state index in [0.29, 0.717) is 11.6 Å². The number of aryl methyl sites for hydroxylation is 1. The van der Waals surface area contributed by atoms with Crippen molar-refractivity contribution in [1.82, 2.24) is 19.7 Å². The van der Waals surface area contributed by atoms with Gasteiger partial charge in [0.2, 0.25) is 0 Å². The smallest absolute Gasteiger partial charge is 0.333 e. The van der Waals surface area contributed by atoms with E-state index in [2.05, 4.69) is 20.4 Å². The normalized spacial score (nSPS) is 12.4. The van der Waals surface area contributed by atoms with E-state index in [0.717, 1.165) is 16.6 Å². The molecule has 0 aliphatic rings.